The molecule has 0 atom stereocenters. The molecule has 1 heterocycles. The Morgan fingerprint density at radius 1 is 1.21 bits per heavy atom. The molecule has 2 N–H and O–H groups in total. The minimum absolute atomic E-state index is 0.0773. The van der Waals surface area contributed by atoms with Crippen LogP contribution in [0.15, 0.2) is 16.9 Å². The van der Waals surface area contributed by atoms with Gasteiger partial charge in [-0.15, -0.1) is 0 Å². The fourth-order valence-corrected chi connectivity index (χ4v) is 2.81. The molecular weight excluding hydrogens is 240 g/mol. The van der Waals surface area contributed by atoms with Crippen LogP contribution in [0.2, 0.25) is 0 Å². The van der Waals surface area contributed by atoms with E-state index in [2.05, 4.69) is 4.57 Å². The Morgan fingerprint density at radius 2 is 1.79 bits per heavy atom. The van der Waals surface area contributed by atoms with Gasteiger partial charge in [-0.2, -0.15) is 0 Å². The van der Waals surface area contributed by atoms with Gasteiger partial charge in [0, 0.05) is 36.1 Å². The molecule has 4 heteroatoms. The van der Waals surface area contributed by atoms with E-state index in [4.69, 9.17) is 10.5 Å². The lowest BCUT2D eigenvalue weighted by Gasteiger charge is -2.26. The molecule has 0 unspecified atom stereocenters. The fraction of sp³-hybridized carbons (Fsp3) is 0.667. The zero-order chi connectivity index (χ0) is 13.8. The summed E-state index contributed by atoms with van der Waals surface area (Å²) in [5.74, 6) is 0. The second-order valence-electron chi connectivity index (χ2n) is 5.53. The van der Waals surface area contributed by atoms with Crippen LogP contribution >= 0.6 is 0 Å². The van der Waals surface area contributed by atoms with Crippen LogP contribution < -0.4 is 11.2 Å². The number of aromatic nitrogens is 1. The Labute approximate surface area is 114 Å². The highest BCUT2D eigenvalue weighted by Gasteiger charge is 2.18. The molecule has 1 aromatic heterocycles. The summed E-state index contributed by atoms with van der Waals surface area (Å²) in [5.41, 5.74) is 7.96. The molecule has 19 heavy (non-hydrogen) atoms. The number of ether oxygens (including phenoxy) is 1. The van der Waals surface area contributed by atoms with Gasteiger partial charge in [0.2, 0.25) is 0 Å². The predicted octanol–water partition coefficient (Wildman–Crippen LogP) is 1.75. The maximum absolute atomic E-state index is 11.4. The van der Waals surface area contributed by atoms with E-state index >= 15 is 0 Å². The summed E-state index contributed by atoms with van der Waals surface area (Å²) < 4.78 is 8.06. The van der Waals surface area contributed by atoms with Gasteiger partial charge in [0.1, 0.15) is 0 Å². The van der Waals surface area contributed by atoms with Crippen LogP contribution in [0.4, 0.5) is 0 Å². The van der Waals surface area contributed by atoms with Crippen molar-refractivity contribution in [3.8, 4) is 0 Å². The summed E-state index contributed by atoms with van der Waals surface area (Å²) in [6.45, 7) is 5.44. The van der Waals surface area contributed by atoms with Crippen LogP contribution in [-0.2, 0) is 11.3 Å². The number of hydrogen-bond donors (Lipinski definition) is 1. The summed E-state index contributed by atoms with van der Waals surface area (Å²) >= 11 is 0. The molecule has 2 rings (SSSR count). The molecular formula is C15H24N2O2. The first kappa shape index (κ1) is 14.3. The van der Waals surface area contributed by atoms with Crippen molar-refractivity contribution in [3.05, 3.63) is 33.7 Å². The van der Waals surface area contributed by atoms with Crippen LogP contribution in [-0.4, -0.2) is 23.3 Å². The standard InChI is InChI=1S/C15H24N2O2/c1-11-9-14(18)10-12(2)17(11)7-8-19-15-5-3-13(16)4-6-15/h9-10,13,15H,3-8,16H2,1-2H3. The second-order valence-corrected chi connectivity index (χ2v) is 5.53. The minimum Gasteiger partial charge on any atom is -0.376 e. The molecule has 0 saturated heterocycles. The lowest BCUT2D eigenvalue weighted by atomic mass is 9.94. The zero-order valence-corrected chi connectivity index (χ0v) is 11.9. The highest BCUT2D eigenvalue weighted by atomic mass is 16.5. The zero-order valence-electron chi connectivity index (χ0n) is 11.9. The van der Waals surface area contributed by atoms with Gasteiger partial charge in [-0.05, 0) is 39.5 Å². The smallest absolute Gasteiger partial charge is 0.182 e. The first-order chi connectivity index (χ1) is 9.06. The first-order valence-corrected chi connectivity index (χ1v) is 7.11. The maximum Gasteiger partial charge on any atom is 0.182 e. The van der Waals surface area contributed by atoms with Crippen LogP contribution in [0.3, 0.4) is 0 Å². The van der Waals surface area contributed by atoms with Crippen LogP contribution in [0.1, 0.15) is 37.1 Å². The van der Waals surface area contributed by atoms with Gasteiger partial charge in [0.15, 0.2) is 5.43 Å². The first-order valence-electron chi connectivity index (χ1n) is 7.11. The molecule has 1 aromatic rings. The molecule has 1 fully saturated rings. The molecule has 106 valence electrons. The molecule has 1 aliphatic rings. The summed E-state index contributed by atoms with van der Waals surface area (Å²) in [6.07, 6.45) is 4.65. The highest BCUT2D eigenvalue weighted by molar-refractivity contribution is 5.12. The van der Waals surface area contributed by atoms with Crippen LogP contribution in [0.25, 0.3) is 0 Å². The van der Waals surface area contributed by atoms with E-state index in [0.29, 0.717) is 18.8 Å². The molecule has 1 aliphatic carbocycles. The van der Waals surface area contributed by atoms with Gasteiger partial charge in [-0.25, -0.2) is 0 Å². The van der Waals surface area contributed by atoms with Crippen molar-refractivity contribution in [1.29, 1.82) is 0 Å². The molecule has 0 amide bonds. The third-order valence-corrected chi connectivity index (χ3v) is 3.94. The Hall–Kier alpha value is -1.13. The molecule has 0 radical (unpaired) electrons. The minimum atomic E-state index is 0.0773. The van der Waals surface area contributed by atoms with Gasteiger partial charge < -0.3 is 15.0 Å². The van der Waals surface area contributed by atoms with Crippen molar-refractivity contribution in [2.45, 2.75) is 58.2 Å². The van der Waals surface area contributed by atoms with Gasteiger partial charge in [0.25, 0.3) is 0 Å². The fourth-order valence-electron chi connectivity index (χ4n) is 2.81. The molecule has 0 aliphatic heterocycles. The van der Waals surface area contributed by atoms with E-state index in [-0.39, 0.29) is 5.43 Å². The number of nitrogens with two attached hydrogens (primary N) is 1. The monoisotopic (exact) mass is 264 g/mol. The largest absolute Gasteiger partial charge is 0.376 e. The van der Waals surface area contributed by atoms with Crippen molar-refractivity contribution in [2.75, 3.05) is 6.61 Å². The van der Waals surface area contributed by atoms with E-state index in [0.717, 1.165) is 43.6 Å². The van der Waals surface area contributed by atoms with Crippen molar-refractivity contribution in [2.24, 2.45) is 5.73 Å². The molecule has 0 aromatic carbocycles. The van der Waals surface area contributed by atoms with E-state index < -0.39 is 0 Å². The van der Waals surface area contributed by atoms with Gasteiger partial charge in [-0.3, -0.25) is 4.79 Å². The van der Waals surface area contributed by atoms with Crippen molar-refractivity contribution >= 4 is 0 Å². The third kappa shape index (κ3) is 3.91. The Morgan fingerprint density at radius 3 is 2.37 bits per heavy atom. The number of nitrogens with zero attached hydrogens (tertiary/aromatic N) is 1. The van der Waals surface area contributed by atoms with Crippen molar-refractivity contribution in [1.82, 2.24) is 4.57 Å². The second kappa shape index (κ2) is 6.35. The van der Waals surface area contributed by atoms with E-state index in [9.17, 15) is 4.79 Å². The lowest BCUT2D eigenvalue weighted by molar-refractivity contribution is 0.0205. The lowest BCUT2D eigenvalue weighted by Crippen LogP contribution is -2.31. The Bertz CT molecular complexity index is 447. The molecule has 1 saturated carbocycles. The van der Waals surface area contributed by atoms with Gasteiger partial charge in [-0.1, -0.05) is 0 Å². The van der Waals surface area contributed by atoms with Crippen LogP contribution in [0.5, 0.6) is 0 Å². The number of hydrogen-bond acceptors (Lipinski definition) is 3. The SMILES string of the molecule is Cc1cc(=O)cc(C)n1CCOC1CCC(N)CC1. The quantitative estimate of drug-likeness (QED) is 0.901. The average molecular weight is 264 g/mol. The third-order valence-electron chi connectivity index (χ3n) is 3.94. The summed E-state index contributed by atoms with van der Waals surface area (Å²) in [6, 6.07) is 3.71. The van der Waals surface area contributed by atoms with Gasteiger partial charge in [0.05, 0.1) is 12.7 Å². The molecule has 4 nitrogen and oxygen atoms in total. The summed E-state index contributed by atoms with van der Waals surface area (Å²) in [5, 5.41) is 0. The number of aryl methyl sites for hydroxylation is 2. The summed E-state index contributed by atoms with van der Waals surface area (Å²) in [4.78, 5) is 11.4. The number of rotatable bonds is 4. The van der Waals surface area contributed by atoms with Gasteiger partial charge >= 0.3 is 0 Å². The van der Waals surface area contributed by atoms with E-state index in [1.165, 1.54) is 0 Å². The Kier molecular flexibility index (Phi) is 4.77. The maximum atomic E-state index is 11.4. The van der Waals surface area contributed by atoms with E-state index in [1.54, 1.807) is 12.1 Å². The van der Waals surface area contributed by atoms with Crippen molar-refractivity contribution < 1.29 is 4.74 Å². The predicted molar refractivity (Wildman–Crippen MR) is 76.4 cm³/mol. The van der Waals surface area contributed by atoms with E-state index in [1.807, 2.05) is 13.8 Å². The number of pyridine rings is 1. The topological polar surface area (TPSA) is 57.2 Å². The van der Waals surface area contributed by atoms with Crippen molar-refractivity contribution in [3.63, 3.8) is 0 Å². The highest BCUT2D eigenvalue weighted by Crippen LogP contribution is 2.19. The molecule has 0 spiro atoms. The van der Waals surface area contributed by atoms with Crippen LogP contribution in [0, 0.1) is 13.8 Å². The molecule has 0 bridgehead atoms. The Balaban J connectivity index is 1.84. The summed E-state index contributed by atoms with van der Waals surface area (Å²) in [7, 11) is 0. The normalized spacial score (nSPS) is 23.5. The average Bonchev–Trinajstić information content (AvgIpc) is 2.34.